The molecule has 2 aromatic heterocycles. The van der Waals surface area contributed by atoms with E-state index in [-0.39, 0.29) is 18.1 Å². The number of carbonyl (C=O) groups excluding carboxylic acids is 2. The minimum atomic E-state index is -4.95. The third kappa shape index (κ3) is 6.46. The van der Waals surface area contributed by atoms with Crippen molar-refractivity contribution in [3.05, 3.63) is 69.8 Å². The van der Waals surface area contributed by atoms with Crippen molar-refractivity contribution in [2.45, 2.75) is 39.1 Å². The first-order valence-corrected chi connectivity index (χ1v) is 10.3. The highest BCUT2D eigenvalue weighted by molar-refractivity contribution is 6.05. The summed E-state index contributed by atoms with van der Waals surface area (Å²) in [6, 6.07) is 8.34. The van der Waals surface area contributed by atoms with Gasteiger partial charge in [0.05, 0.1) is 11.8 Å². The first-order valence-electron chi connectivity index (χ1n) is 10.3. The van der Waals surface area contributed by atoms with Crippen LogP contribution in [-0.4, -0.2) is 49.5 Å². The van der Waals surface area contributed by atoms with Crippen LogP contribution in [0.1, 0.15) is 42.4 Å². The average molecular weight is 492 g/mol. The number of aromatic nitrogens is 4. The summed E-state index contributed by atoms with van der Waals surface area (Å²) in [6.07, 6.45) is -4.73. The number of alkyl halides is 3. The molecule has 3 rings (SSSR count). The highest BCUT2D eigenvalue weighted by Crippen LogP contribution is 2.33. The third-order valence-electron chi connectivity index (χ3n) is 4.47. The van der Waals surface area contributed by atoms with Gasteiger partial charge >= 0.3 is 12.3 Å². The summed E-state index contributed by atoms with van der Waals surface area (Å²) in [5.74, 6) is -1.37. The maximum atomic E-state index is 13.8. The number of rotatable bonds is 5. The second kappa shape index (κ2) is 9.60. The lowest BCUT2D eigenvalue weighted by molar-refractivity contribution is -0.143. The lowest BCUT2D eigenvalue weighted by atomic mass is 10.1. The van der Waals surface area contributed by atoms with Crippen LogP contribution in [0, 0.1) is 0 Å². The van der Waals surface area contributed by atoms with E-state index in [0.717, 1.165) is 18.3 Å². The number of nitrogens with one attached hydrogen (secondary N) is 2. The Labute approximate surface area is 197 Å². The van der Waals surface area contributed by atoms with Gasteiger partial charge in [-0.05, 0) is 44.5 Å². The summed E-state index contributed by atoms with van der Waals surface area (Å²) >= 11 is 0. The number of halogens is 3. The highest BCUT2D eigenvalue weighted by Gasteiger charge is 2.41. The van der Waals surface area contributed by atoms with Crippen molar-refractivity contribution in [3.8, 4) is 5.82 Å². The van der Waals surface area contributed by atoms with E-state index in [1.807, 2.05) is 5.10 Å². The molecule has 0 aliphatic heterocycles. The number of anilines is 1. The highest BCUT2D eigenvalue weighted by atomic mass is 19.4. The number of hydrogen-bond donors (Lipinski definition) is 2. The van der Waals surface area contributed by atoms with Crippen molar-refractivity contribution in [2.24, 2.45) is 0 Å². The molecule has 0 spiro atoms. The van der Waals surface area contributed by atoms with Crippen LogP contribution in [0.3, 0.4) is 0 Å². The minimum Gasteiger partial charge on any atom is -0.444 e. The molecule has 0 saturated carbocycles. The van der Waals surface area contributed by atoms with Crippen LogP contribution in [0.15, 0.2) is 47.4 Å². The van der Waals surface area contributed by atoms with E-state index >= 15 is 0 Å². The molecule has 10 nitrogen and oxygen atoms in total. The van der Waals surface area contributed by atoms with Gasteiger partial charge in [-0.25, -0.2) is 14.6 Å². The fourth-order valence-corrected chi connectivity index (χ4v) is 3.04. The largest absolute Gasteiger partial charge is 0.444 e. The molecule has 3 aromatic rings. The van der Waals surface area contributed by atoms with E-state index < -0.39 is 40.6 Å². The first kappa shape index (κ1) is 25.5. The molecule has 0 aliphatic carbocycles. The van der Waals surface area contributed by atoms with Crippen molar-refractivity contribution < 1.29 is 27.5 Å². The number of nitrogens with zero attached hydrogens (tertiary/aromatic N) is 4. The van der Waals surface area contributed by atoms with E-state index in [9.17, 15) is 27.6 Å². The molecule has 0 saturated heterocycles. The van der Waals surface area contributed by atoms with Crippen LogP contribution in [0.4, 0.5) is 23.7 Å². The summed E-state index contributed by atoms with van der Waals surface area (Å²) in [4.78, 5) is 37.4. The number of ether oxygens (including phenoxy) is 1. The fourth-order valence-electron chi connectivity index (χ4n) is 3.04. The van der Waals surface area contributed by atoms with Crippen molar-refractivity contribution in [1.82, 2.24) is 24.9 Å². The third-order valence-corrected chi connectivity index (χ3v) is 4.47. The number of H-pyrrole nitrogens is 1. The maximum Gasteiger partial charge on any atom is 0.434 e. The van der Waals surface area contributed by atoms with Crippen LogP contribution in [0.2, 0.25) is 0 Å². The number of hydrogen-bond acceptors (Lipinski definition) is 6. The molecule has 35 heavy (non-hydrogen) atoms. The second-order valence-electron chi connectivity index (χ2n) is 8.59. The van der Waals surface area contributed by atoms with Gasteiger partial charge in [0.15, 0.2) is 11.5 Å². The first-order chi connectivity index (χ1) is 16.2. The Hall–Kier alpha value is -4.16. The standard InChI is InChI=1S/C22H23F3N6O4/c1-21(2,3)35-20(34)30(4)12-13-6-5-7-14(10-13)27-19(33)15-11-26-31(18(15)22(23,24)25)16-8-9-17(32)29-28-16/h5-11H,12H2,1-4H3,(H,27,33)(H,29,32). The van der Waals surface area contributed by atoms with Gasteiger partial charge in [0, 0.05) is 25.3 Å². The monoisotopic (exact) mass is 492 g/mol. The summed E-state index contributed by atoms with van der Waals surface area (Å²) in [5.41, 5.74) is -2.54. The summed E-state index contributed by atoms with van der Waals surface area (Å²) in [5, 5.41) is 11.6. The molecule has 13 heteroatoms. The van der Waals surface area contributed by atoms with Gasteiger partial charge in [-0.1, -0.05) is 12.1 Å². The van der Waals surface area contributed by atoms with Gasteiger partial charge in [-0.15, -0.1) is 0 Å². The Balaban J connectivity index is 1.82. The van der Waals surface area contributed by atoms with Crippen molar-refractivity contribution >= 4 is 17.7 Å². The van der Waals surface area contributed by atoms with Crippen LogP contribution >= 0.6 is 0 Å². The Bertz CT molecular complexity index is 1270. The number of benzene rings is 1. The van der Waals surface area contributed by atoms with Crippen LogP contribution in [-0.2, 0) is 17.5 Å². The van der Waals surface area contributed by atoms with E-state index in [0.29, 0.717) is 10.2 Å². The van der Waals surface area contributed by atoms with Gasteiger partial charge < -0.3 is 15.0 Å². The molecule has 0 radical (unpaired) electrons. The topological polar surface area (TPSA) is 122 Å². The van der Waals surface area contributed by atoms with Gasteiger partial charge in [0.25, 0.3) is 11.5 Å². The number of aromatic amines is 1. The maximum absolute atomic E-state index is 13.8. The zero-order valence-electron chi connectivity index (χ0n) is 19.3. The molecule has 2 heterocycles. The molecule has 2 N–H and O–H groups in total. The molecule has 0 bridgehead atoms. The summed E-state index contributed by atoms with van der Waals surface area (Å²) < 4.78 is 47.2. The lowest BCUT2D eigenvalue weighted by Gasteiger charge is -2.24. The normalized spacial score (nSPS) is 11.7. The van der Waals surface area contributed by atoms with E-state index in [4.69, 9.17) is 4.74 Å². The smallest absolute Gasteiger partial charge is 0.434 e. The van der Waals surface area contributed by atoms with E-state index in [2.05, 4.69) is 15.5 Å². The molecule has 1 aromatic carbocycles. The zero-order valence-corrected chi connectivity index (χ0v) is 19.3. The molecule has 0 atom stereocenters. The van der Waals surface area contributed by atoms with Gasteiger partial charge in [-0.3, -0.25) is 9.59 Å². The molecule has 186 valence electrons. The van der Waals surface area contributed by atoms with Crippen LogP contribution < -0.4 is 10.9 Å². The Morgan fingerprint density at radius 3 is 2.49 bits per heavy atom. The lowest BCUT2D eigenvalue weighted by Crippen LogP contribution is -2.33. The van der Waals surface area contributed by atoms with Gasteiger partial charge in [0.1, 0.15) is 5.60 Å². The quantitative estimate of drug-likeness (QED) is 0.561. The summed E-state index contributed by atoms with van der Waals surface area (Å²) in [7, 11) is 1.54. The SMILES string of the molecule is CN(Cc1cccc(NC(=O)c2cnn(-c3ccc(=O)[nH]n3)c2C(F)(F)F)c1)C(=O)OC(C)(C)C. The Kier molecular flexibility index (Phi) is 6.99. The van der Waals surface area contributed by atoms with Crippen LogP contribution in [0.25, 0.3) is 5.82 Å². The number of carbonyl (C=O) groups is 2. The molecular formula is C22H23F3N6O4. The molecule has 2 amide bonds. The molecular weight excluding hydrogens is 469 g/mol. The molecule has 0 unspecified atom stereocenters. The summed E-state index contributed by atoms with van der Waals surface area (Å²) in [6.45, 7) is 5.35. The van der Waals surface area contributed by atoms with Crippen molar-refractivity contribution in [2.75, 3.05) is 12.4 Å². The van der Waals surface area contributed by atoms with Crippen molar-refractivity contribution in [1.29, 1.82) is 0 Å². The van der Waals surface area contributed by atoms with Gasteiger partial charge in [-0.2, -0.15) is 23.4 Å². The Morgan fingerprint density at radius 2 is 1.89 bits per heavy atom. The average Bonchev–Trinajstić information content (AvgIpc) is 3.19. The predicted octanol–water partition coefficient (Wildman–Crippen LogP) is 3.59. The minimum absolute atomic E-state index is 0.141. The molecule has 0 fully saturated rings. The van der Waals surface area contributed by atoms with E-state index in [1.54, 1.807) is 32.9 Å². The second-order valence-corrected chi connectivity index (χ2v) is 8.59. The predicted molar refractivity (Wildman–Crippen MR) is 119 cm³/mol. The van der Waals surface area contributed by atoms with Gasteiger partial charge in [0.2, 0.25) is 0 Å². The Morgan fingerprint density at radius 1 is 1.17 bits per heavy atom. The molecule has 0 aliphatic rings. The van der Waals surface area contributed by atoms with Crippen molar-refractivity contribution in [3.63, 3.8) is 0 Å². The van der Waals surface area contributed by atoms with Crippen LogP contribution in [0.5, 0.6) is 0 Å². The zero-order chi connectivity index (χ0) is 26.0. The fraction of sp³-hybridized carbons (Fsp3) is 0.318. The number of amides is 2. The van der Waals surface area contributed by atoms with E-state index in [1.165, 1.54) is 24.1 Å².